The zero-order valence-electron chi connectivity index (χ0n) is 29.5. The van der Waals surface area contributed by atoms with Crippen molar-refractivity contribution in [1.82, 2.24) is 20.1 Å². The lowest BCUT2D eigenvalue weighted by molar-refractivity contribution is -0.150. The SMILES string of the molecule is CC(C)CN1CC/C(=C\C2=C(C(=O)O)N3C(=O)[C@@H](NC(=O)/C(=N/OC(c4ccccc4)(c4ccccc4)c4ccccc4)c4csc(N)n4)[C@H]3SC2)C1=O. The monoisotopic (exact) mass is 762 g/mol. The van der Waals surface area contributed by atoms with Crippen LogP contribution in [-0.2, 0) is 29.6 Å². The number of carboxylic acids is 1. The van der Waals surface area contributed by atoms with Crippen LogP contribution in [-0.4, -0.2) is 79.6 Å². The molecule has 4 aromatic rings. The molecule has 4 heterocycles. The van der Waals surface area contributed by atoms with Crippen molar-refractivity contribution in [1.29, 1.82) is 0 Å². The average Bonchev–Trinajstić information content (AvgIpc) is 3.76. The number of nitrogens with zero attached hydrogens (tertiary/aromatic N) is 4. The highest BCUT2D eigenvalue weighted by Gasteiger charge is 2.54. The zero-order valence-corrected chi connectivity index (χ0v) is 31.2. The quantitative estimate of drug-likeness (QED) is 0.0593. The van der Waals surface area contributed by atoms with E-state index in [9.17, 15) is 24.3 Å². The molecule has 12 nitrogen and oxygen atoms in total. The molecule has 3 amide bonds. The maximum Gasteiger partial charge on any atom is 0.352 e. The van der Waals surface area contributed by atoms with Crippen molar-refractivity contribution in [2.75, 3.05) is 24.6 Å². The van der Waals surface area contributed by atoms with Gasteiger partial charge < -0.3 is 25.9 Å². The van der Waals surface area contributed by atoms with E-state index in [0.29, 0.717) is 36.6 Å². The van der Waals surface area contributed by atoms with Gasteiger partial charge in [-0.25, -0.2) is 9.78 Å². The number of anilines is 1. The number of hydrogen-bond donors (Lipinski definition) is 3. The Morgan fingerprint density at radius 2 is 1.61 bits per heavy atom. The molecular weight excluding hydrogens is 725 g/mol. The Kier molecular flexibility index (Phi) is 10.4. The maximum atomic E-state index is 14.2. The molecular formula is C40H38N6O6S2. The van der Waals surface area contributed by atoms with Crippen molar-refractivity contribution in [2.45, 2.75) is 37.3 Å². The van der Waals surface area contributed by atoms with Gasteiger partial charge in [-0.05, 0) is 24.0 Å². The molecule has 14 heteroatoms. The molecule has 0 radical (unpaired) electrons. The molecule has 3 aliphatic rings. The van der Waals surface area contributed by atoms with Crippen LogP contribution in [0, 0.1) is 5.92 Å². The van der Waals surface area contributed by atoms with Crippen LogP contribution >= 0.6 is 23.1 Å². The molecule has 276 valence electrons. The van der Waals surface area contributed by atoms with E-state index in [1.54, 1.807) is 16.4 Å². The topological polar surface area (TPSA) is 168 Å². The number of β-lactam (4-membered cyclic amide) rings is 1. The Balaban J connectivity index is 1.20. The number of aromatic nitrogens is 1. The van der Waals surface area contributed by atoms with Crippen molar-refractivity contribution in [3.05, 3.63) is 142 Å². The van der Waals surface area contributed by atoms with Crippen LogP contribution in [0.5, 0.6) is 0 Å². The van der Waals surface area contributed by atoms with Crippen LogP contribution in [0.15, 0.2) is 124 Å². The van der Waals surface area contributed by atoms with Gasteiger partial charge in [0, 0.05) is 46.5 Å². The summed E-state index contributed by atoms with van der Waals surface area (Å²) in [7, 11) is 0. The van der Waals surface area contributed by atoms with E-state index in [0.717, 1.165) is 28.0 Å². The summed E-state index contributed by atoms with van der Waals surface area (Å²) in [6.45, 7) is 5.24. The minimum Gasteiger partial charge on any atom is -0.477 e. The van der Waals surface area contributed by atoms with E-state index >= 15 is 0 Å². The van der Waals surface area contributed by atoms with E-state index in [4.69, 9.17) is 10.6 Å². The van der Waals surface area contributed by atoms with Gasteiger partial charge >= 0.3 is 5.97 Å². The molecule has 0 aliphatic carbocycles. The first kappa shape index (κ1) is 36.6. The van der Waals surface area contributed by atoms with Gasteiger partial charge in [0.1, 0.15) is 22.8 Å². The van der Waals surface area contributed by atoms with Gasteiger partial charge in [0.25, 0.3) is 11.8 Å². The Bertz CT molecular complexity index is 2070. The summed E-state index contributed by atoms with van der Waals surface area (Å²) in [5, 5.41) is 18.6. The number of benzene rings is 3. The Morgan fingerprint density at radius 3 is 2.13 bits per heavy atom. The fourth-order valence-corrected chi connectivity index (χ4v) is 8.83. The highest BCUT2D eigenvalue weighted by Crippen LogP contribution is 2.43. The fraction of sp³-hybridized carbons (Fsp3) is 0.250. The molecule has 2 saturated heterocycles. The maximum absolute atomic E-state index is 14.2. The van der Waals surface area contributed by atoms with Gasteiger partial charge in [-0.3, -0.25) is 19.3 Å². The minimum atomic E-state index is -1.31. The number of fused-ring (bicyclic) bond motifs is 1. The third-order valence-corrected chi connectivity index (χ3v) is 11.4. The number of amides is 3. The van der Waals surface area contributed by atoms with Crippen LogP contribution in [0.3, 0.4) is 0 Å². The molecule has 2 fully saturated rings. The molecule has 1 aromatic heterocycles. The number of nitrogens with two attached hydrogens (primary N) is 1. The second kappa shape index (κ2) is 15.3. The lowest BCUT2D eigenvalue weighted by atomic mass is 9.80. The summed E-state index contributed by atoms with van der Waals surface area (Å²) in [5.41, 5.74) is 7.56. The van der Waals surface area contributed by atoms with E-state index < -0.39 is 34.8 Å². The summed E-state index contributed by atoms with van der Waals surface area (Å²) in [6, 6.07) is 27.5. The zero-order chi connectivity index (χ0) is 38.0. The number of rotatable bonds is 12. The number of oxime groups is 1. The van der Waals surface area contributed by atoms with Gasteiger partial charge in [-0.2, -0.15) is 0 Å². The van der Waals surface area contributed by atoms with Crippen molar-refractivity contribution >= 4 is 57.6 Å². The summed E-state index contributed by atoms with van der Waals surface area (Å²) in [4.78, 5) is 67.4. The largest absolute Gasteiger partial charge is 0.477 e. The highest BCUT2D eigenvalue weighted by atomic mass is 32.2. The van der Waals surface area contributed by atoms with E-state index in [-0.39, 0.29) is 33.9 Å². The summed E-state index contributed by atoms with van der Waals surface area (Å²) >= 11 is 2.42. The third-order valence-electron chi connectivity index (χ3n) is 9.43. The molecule has 0 bridgehead atoms. The Morgan fingerprint density at radius 1 is 1.02 bits per heavy atom. The number of carbonyl (C=O) groups excluding carboxylic acids is 3. The average molecular weight is 763 g/mol. The summed E-state index contributed by atoms with van der Waals surface area (Å²) in [6.07, 6.45) is 2.11. The van der Waals surface area contributed by atoms with E-state index in [1.807, 2.05) is 105 Å². The normalized spacial score (nSPS) is 19.6. The first-order chi connectivity index (χ1) is 26.1. The fourth-order valence-electron chi connectivity index (χ4n) is 6.98. The van der Waals surface area contributed by atoms with Crippen molar-refractivity contribution in [3.8, 4) is 0 Å². The van der Waals surface area contributed by atoms with Crippen molar-refractivity contribution < 1.29 is 29.1 Å². The van der Waals surface area contributed by atoms with Crippen LogP contribution in [0.4, 0.5) is 5.13 Å². The number of thiazole rings is 1. The lowest BCUT2D eigenvalue weighted by Crippen LogP contribution is -2.71. The predicted molar refractivity (Wildman–Crippen MR) is 207 cm³/mol. The van der Waals surface area contributed by atoms with Gasteiger partial charge in [0.15, 0.2) is 10.8 Å². The second-order valence-corrected chi connectivity index (χ2v) is 15.5. The first-order valence-electron chi connectivity index (χ1n) is 17.4. The van der Waals surface area contributed by atoms with E-state index in [2.05, 4.69) is 15.5 Å². The predicted octanol–water partition coefficient (Wildman–Crippen LogP) is 4.99. The van der Waals surface area contributed by atoms with Crippen LogP contribution in [0.1, 0.15) is 42.7 Å². The van der Waals surface area contributed by atoms with Gasteiger partial charge in [0.05, 0.1) is 0 Å². The number of nitrogens with one attached hydrogen (secondary N) is 1. The molecule has 3 aromatic carbocycles. The number of carboxylic acid groups (broad SMARTS) is 1. The number of allylic oxidation sites excluding steroid dienone is 1. The van der Waals surface area contributed by atoms with Gasteiger partial charge in [-0.15, -0.1) is 23.1 Å². The number of likely N-dealkylation sites (tertiary alicyclic amines) is 1. The standard InChI is InChI=1S/C40H38N6O6S2/c1-24(2)21-45-19-18-25(35(45)48)20-26-22-53-37-32(36(49)46(37)33(26)38(50)51)43-34(47)31(30-23-54-39(41)42-30)44-52-40(27-12-6-3-7-13-27,28-14-8-4-9-15-28)29-16-10-5-11-17-29/h3-17,20,23-24,32,37H,18-19,21-22H2,1-2H3,(H2,41,42)(H,43,47)(H,50,51)/b25-20+,44-31+/t32-,37-/m1/s1. The van der Waals surface area contributed by atoms with Crippen LogP contribution in [0.2, 0.25) is 0 Å². The first-order valence-corrected chi connectivity index (χ1v) is 19.4. The summed E-state index contributed by atoms with van der Waals surface area (Å²) < 4.78 is 0. The summed E-state index contributed by atoms with van der Waals surface area (Å²) in [5.74, 6) is -2.24. The molecule has 4 N–H and O–H groups in total. The van der Waals surface area contributed by atoms with E-state index in [1.165, 1.54) is 16.7 Å². The minimum absolute atomic E-state index is 0.124. The Labute approximate surface area is 320 Å². The van der Waals surface area contributed by atoms with Crippen molar-refractivity contribution in [2.24, 2.45) is 11.1 Å². The molecule has 3 aliphatic heterocycles. The Hall–Kier alpha value is -5.73. The van der Waals surface area contributed by atoms with Crippen LogP contribution in [0.25, 0.3) is 0 Å². The van der Waals surface area contributed by atoms with Crippen molar-refractivity contribution in [3.63, 3.8) is 0 Å². The molecule has 0 spiro atoms. The van der Waals surface area contributed by atoms with Gasteiger partial charge in [0.2, 0.25) is 11.5 Å². The van der Waals surface area contributed by atoms with Crippen LogP contribution < -0.4 is 11.1 Å². The van der Waals surface area contributed by atoms with Gasteiger partial charge in [-0.1, -0.05) is 110 Å². The molecule has 54 heavy (non-hydrogen) atoms. The number of nitrogen functional groups attached to an aromatic ring is 1. The molecule has 0 unspecified atom stereocenters. The highest BCUT2D eigenvalue weighted by molar-refractivity contribution is 8.00. The molecule has 7 rings (SSSR count). The molecule has 2 atom stereocenters. The number of carbonyl (C=O) groups is 4. The molecule has 0 saturated carbocycles. The number of thioether (sulfide) groups is 1. The number of aliphatic carboxylic acids is 1. The third kappa shape index (κ3) is 6.90. The number of hydrogen-bond acceptors (Lipinski definition) is 10. The second-order valence-electron chi connectivity index (χ2n) is 13.5. The lowest BCUT2D eigenvalue weighted by Gasteiger charge is -2.49. The smallest absolute Gasteiger partial charge is 0.352 e.